The average molecular weight is 133 g/mol. The summed E-state index contributed by atoms with van der Waals surface area (Å²) in [6, 6.07) is 0. The van der Waals surface area contributed by atoms with Crippen molar-refractivity contribution in [2.24, 2.45) is 0 Å². The van der Waals surface area contributed by atoms with Gasteiger partial charge >= 0.3 is 0 Å². The van der Waals surface area contributed by atoms with Crippen LogP contribution in [0.1, 0.15) is 13.8 Å². The van der Waals surface area contributed by atoms with Crippen molar-refractivity contribution in [2.45, 2.75) is 26.2 Å². The van der Waals surface area contributed by atoms with Crippen LogP contribution in [0.2, 0.25) is 0 Å². The van der Waals surface area contributed by atoms with Gasteiger partial charge in [0.25, 0.3) is 0 Å². The molecule has 0 saturated heterocycles. The standard InChI is InChI=1S/C6H13O3/c1-5(2)9-6(7)4-8-3/h5-6H,4H2,1-3H3. The van der Waals surface area contributed by atoms with Gasteiger partial charge < -0.3 is 9.47 Å². The summed E-state index contributed by atoms with van der Waals surface area (Å²) in [7, 11) is 1.48. The van der Waals surface area contributed by atoms with E-state index in [2.05, 4.69) is 4.74 Å². The largest absolute Gasteiger partial charge is 0.379 e. The summed E-state index contributed by atoms with van der Waals surface area (Å²) >= 11 is 0. The molecule has 0 saturated carbocycles. The second kappa shape index (κ2) is 4.73. The van der Waals surface area contributed by atoms with E-state index in [0.29, 0.717) is 0 Å². The molecule has 0 bridgehead atoms. The van der Waals surface area contributed by atoms with Gasteiger partial charge in [-0.3, -0.25) is 0 Å². The lowest BCUT2D eigenvalue weighted by molar-refractivity contribution is -0.185. The zero-order valence-electron chi connectivity index (χ0n) is 6.09. The van der Waals surface area contributed by atoms with Crippen molar-refractivity contribution < 1.29 is 14.6 Å². The van der Waals surface area contributed by atoms with Gasteiger partial charge in [-0.15, -0.1) is 0 Å². The Hall–Kier alpha value is -0.120. The van der Waals surface area contributed by atoms with E-state index >= 15 is 0 Å². The summed E-state index contributed by atoms with van der Waals surface area (Å²) < 4.78 is 9.38. The fourth-order valence-corrected chi connectivity index (χ4v) is 0.479. The molecule has 0 aliphatic carbocycles. The number of hydrogen-bond acceptors (Lipinski definition) is 2. The van der Waals surface area contributed by atoms with Crippen LogP contribution < -0.4 is 0 Å². The molecule has 0 aliphatic rings. The van der Waals surface area contributed by atoms with Crippen LogP contribution >= 0.6 is 0 Å². The summed E-state index contributed by atoms with van der Waals surface area (Å²) in [5.41, 5.74) is 0. The minimum absolute atomic E-state index is 0.0114. The maximum absolute atomic E-state index is 10.6. The highest BCUT2D eigenvalue weighted by atomic mass is 16.6. The molecule has 0 aromatic carbocycles. The van der Waals surface area contributed by atoms with Gasteiger partial charge in [0.1, 0.15) is 6.61 Å². The Morgan fingerprint density at radius 2 is 2.00 bits per heavy atom. The van der Waals surface area contributed by atoms with Crippen LogP contribution in [0.15, 0.2) is 0 Å². The van der Waals surface area contributed by atoms with Crippen molar-refractivity contribution in [1.29, 1.82) is 0 Å². The third-order valence-corrected chi connectivity index (χ3v) is 0.727. The second-order valence-corrected chi connectivity index (χ2v) is 2.07. The maximum Gasteiger partial charge on any atom is 0.215 e. The van der Waals surface area contributed by atoms with Gasteiger partial charge in [-0.25, -0.2) is 0 Å². The van der Waals surface area contributed by atoms with Crippen LogP contribution in [0.3, 0.4) is 0 Å². The fourth-order valence-electron chi connectivity index (χ4n) is 0.479. The third kappa shape index (κ3) is 5.76. The van der Waals surface area contributed by atoms with Crippen LogP contribution in [0.4, 0.5) is 0 Å². The molecule has 3 heteroatoms. The van der Waals surface area contributed by atoms with E-state index in [0.717, 1.165) is 0 Å². The highest BCUT2D eigenvalue weighted by Gasteiger charge is 2.06. The molecule has 0 amide bonds. The lowest BCUT2D eigenvalue weighted by atomic mass is 10.5. The number of methoxy groups -OCH3 is 1. The second-order valence-electron chi connectivity index (χ2n) is 2.07. The minimum Gasteiger partial charge on any atom is -0.379 e. The molecule has 55 valence electrons. The van der Waals surface area contributed by atoms with Crippen LogP contribution in [0.25, 0.3) is 0 Å². The molecule has 1 unspecified atom stereocenters. The fraction of sp³-hybridized carbons (Fsp3) is 1.00. The van der Waals surface area contributed by atoms with Gasteiger partial charge in [-0.1, -0.05) is 0 Å². The van der Waals surface area contributed by atoms with Crippen LogP contribution in [0, 0.1) is 0 Å². The zero-order chi connectivity index (χ0) is 7.28. The maximum atomic E-state index is 10.6. The van der Waals surface area contributed by atoms with E-state index in [1.165, 1.54) is 7.11 Å². The van der Waals surface area contributed by atoms with Crippen molar-refractivity contribution in [1.82, 2.24) is 0 Å². The lowest BCUT2D eigenvalue weighted by Gasteiger charge is -2.10. The Morgan fingerprint density at radius 3 is 2.33 bits per heavy atom. The highest BCUT2D eigenvalue weighted by Crippen LogP contribution is 1.94. The molecular formula is C6H13O3. The molecule has 1 radical (unpaired) electrons. The Bertz CT molecular complexity index is 63.3. The summed E-state index contributed by atoms with van der Waals surface area (Å²) in [4.78, 5) is 0. The van der Waals surface area contributed by atoms with Crippen LogP contribution in [-0.4, -0.2) is 26.1 Å². The molecule has 0 rings (SSSR count). The van der Waals surface area contributed by atoms with E-state index in [-0.39, 0.29) is 12.7 Å². The SMILES string of the molecule is COCC([O])OC(C)C. The first kappa shape index (κ1) is 8.88. The predicted molar refractivity (Wildman–Crippen MR) is 32.6 cm³/mol. The van der Waals surface area contributed by atoms with E-state index < -0.39 is 6.29 Å². The Morgan fingerprint density at radius 1 is 1.44 bits per heavy atom. The normalized spacial score (nSPS) is 14.3. The summed E-state index contributed by atoms with van der Waals surface area (Å²) in [6.07, 6.45) is -1.04. The van der Waals surface area contributed by atoms with Gasteiger partial charge in [0.2, 0.25) is 6.29 Å². The molecule has 0 fully saturated rings. The van der Waals surface area contributed by atoms with E-state index in [9.17, 15) is 5.11 Å². The molecule has 0 heterocycles. The molecule has 0 spiro atoms. The minimum atomic E-state index is -1.03. The topological polar surface area (TPSA) is 38.4 Å². The van der Waals surface area contributed by atoms with Gasteiger partial charge in [0, 0.05) is 7.11 Å². The predicted octanol–water partition coefficient (Wildman–Crippen LogP) is 0.814. The van der Waals surface area contributed by atoms with E-state index in [4.69, 9.17) is 4.74 Å². The molecule has 0 N–H and O–H groups in total. The van der Waals surface area contributed by atoms with Gasteiger partial charge in [-0.05, 0) is 13.8 Å². The molecule has 1 atom stereocenters. The molecular weight excluding hydrogens is 120 g/mol. The first-order chi connectivity index (χ1) is 4.16. The quantitative estimate of drug-likeness (QED) is 0.532. The zero-order valence-corrected chi connectivity index (χ0v) is 6.09. The highest BCUT2D eigenvalue weighted by molar-refractivity contribution is 4.40. The summed E-state index contributed by atoms with van der Waals surface area (Å²) in [5.74, 6) is 0. The van der Waals surface area contributed by atoms with Crippen molar-refractivity contribution in [2.75, 3.05) is 13.7 Å². The molecule has 3 nitrogen and oxygen atoms in total. The summed E-state index contributed by atoms with van der Waals surface area (Å²) in [5, 5.41) is 10.6. The van der Waals surface area contributed by atoms with Crippen molar-refractivity contribution >= 4 is 0 Å². The first-order valence-electron chi connectivity index (χ1n) is 2.97. The van der Waals surface area contributed by atoms with Crippen LogP contribution in [-0.2, 0) is 14.6 Å². The molecule has 9 heavy (non-hydrogen) atoms. The van der Waals surface area contributed by atoms with Crippen molar-refractivity contribution in [3.8, 4) is 0 Å². The Kier molecular flexibility index (Phi) is 4.67. The number of ether oxygens (including phenoxy) is 2. The monoisotopic (exact) mass is 133 g/mol. The summed E-state index contributed by atoms with van der Waals surface area (Å²) in [6.45, 7) is 3.76. The van der Waals surface area contributed by atoms with Gasteiger partial charge in [0.05, 0.1) is 6.10 Å². The van der Waals surface area contributed by atoms with Gasteiger partial charge in [-0.2, -0.15) is 5.11 Å². The molecule has 0 aromatic heterocycles. The van der Waals surface area contributed by atoms with E-state index in [1.54, 1.807) is 0 Å². The smallest absolute Gasteiger partial charge is 0.215 e. The van der Waals surface area contributed by atoms with Crippen molar-refractivity contribution in [3.05, 3.63) is 0 Å². The molecule has 0 aliphatic heterocycles. The number of hydrogen-bond donors (Lipinski definition) is 0. The van der Waals surface area contributed by atoms with E-state index in [1.807, 2.05) is 13.8 Å². The Balaban J connectivity index is 3.15. The third-order valence-electron chi connectivity index (χ3n) is 0.727. The van der Waals surface area contributed by atoms with Crippen LogP contribution in [0.5, 0.6) is 0 Å². The average Bonchev–Trinajstić information content (AvgIpc) is 1.63. The lowest BCUT2D eigenvalue weighted by Crippen LogP contribution is -2.20. The number of rotatable bonds is 4. The first-order valence-corrected chi connectivity index (χ1v) is 2.97. The Labute approximate surface area is 55.6 Å². The van der Waals surface area contributed by atoms with Gasteiger partial charge in [0.15, 0.2) is 0 Å². The van der Waals surface area contributed by atoms with Crippen molar-refractivity contribution in [3.63, 3.8) is 0 Å². The molecule has 0 aromatic rings.